The minimum absolute atomic E-state index is 0.608. The summed E-state index contributed by atoms with van der Waals surface area (Å²) in [6, 6.07) is 2.43. The minimum Gasteiger partial charge on any atom is -0.229 e. The highest BCUT2D eigenvalue weighted by Crippen LogP contribution is 1.63. The van der Waals surface area contributed by atoms with Crippen LogP contribution in [0, 0.1) is 0 Å². The molecule has 0 aliphatic rings. The van der Waals surface area contributed by atoms with Gasteiger partial charge in [0.1, 0.15) is 0 Å². The van der Waals surface area contributed by atoms with E-state index in [0.29, 0.717) is 6.54 Å². The molecule has 0 aromatic heterocycles. The van der Waals surface area contributed by atoms with Crippen molar-refractivity contribution < 1.29 is 0 Å². The highest BCUT2D eigenvalue weighted by Gasteiger charge is 1.57. The van der Waals surface area contributed by atoms with Crippen molar-refractivity contribution in [2.75, 3.05) is 13.6 Å². The topological polar surface area (TPSA) is 24.7 Å². The van der Waals surface area contributed by atoms with E-state index in [0.717, 1.165) is 0 Å². The summed E-state index contributed by atoms with van der Waals surface area (Å²) in [6.45, 7) is 4.07. The van der Waals surface area contributed by atoms with Gasteiger partial charge in [-0.15, -0.1) is 6.58 Å². The second-order valence-electron chi connectivity index (χ2n) is 0.953. The number of aliphatic imine (C=N–C) groups is 2. The van der Waals surface area contributed by atoms with E-state index in [-0.39, 0.29) is 0 Å². The monoisotopic (exact) mass is 96.1 g/mol. The molecule has 0 fully saturated rings. The largest absolute Gasteiger partial charge is 0.229 e. The van der Waals surface area contributed by atoms with E-state index in [1.54, 1.807) is 13.1 Å². The zero-order valence-electron chi connectivity index (χ0n) is 4.39. The van der Waals surface area contributed by atoms with Gasteiger partial charge in [0, 0.05) is 7.05 Å². The molecule has 0 aliphatic carbocycles. The molecular weight excluding hydrogens is 88.1 g/mol. The summed E-state index contributed by atoms with van der Waals surface area (Å²) in [4.78, 5) is 7.18. The van der Waals surface area contributed by atoms with Crippen molar-refractivity contribution in [2.24, 2.45) is 9.98 Å². The highest BCUT2D eigenvalue weighted by atomic mass is 14.8. The van der Waals surface area contributed by atoms with Crippen LogP contribution in [0.2, 0.25) is 0 Å². The molecule has 2 nitrogen and oxygen atoms in total. The molecule has 7 heavy (non-hydrogen) atoms. The van der Waals surface area contributed by atoms with Crippen LogP contribution in [-0.2, 0) is 0 Å². The Bertz CT molecular complexity index is 98.6. The molecule has 0 atom stereocenters. The van der Waals surface area contributed by atoms with Gasteiger partial charge in [0.25, 0.3) is 0 Å². The first kappa shape index (κ1) is 6.12. The van der Waals surface area contributed by atoms with Crippen molar-refractivity contribution in [1.29, 1.82) is 0 Å². The van der Waals surface area contributed by atoms with E-state index in [4.69, 9.17) is 0 Å². The first-order chi connectivity index (χ1) is 3.41. The Balaban J connectivity index is 3.27. The summed E-state index contributed by atoms with van der Waals surface area (Å²) in [7, 11) is 1.63. The molecule has 0 aliphatic heterocycles. The van der Waals surface area contributed by atoms with Gasteiger partial charge in [-0.3, -0.25) is 0 Å². The van der Waals surface area contributed by atoms with Gasteiger partial charge in [0.15, 0.2) is 0 Å². The molecule has 0 amide bonds. The lowest BCUT2D eigenvalue weighted by Gasteiger charge is -1.68. The Hall–Kier alpha value is -0.880. The fourth-order valence-corrected chi connectivity index (χ4v) is 0.176. The van der Waals surface area contributed by atoms with Crippen LogP contribution in [0.25, 0.3) is 0 Å². The van der Waals surface area contributed by atoms with Crippen LogP contribution in [0.5, 0.6) is 0 Å². The lowest BCUT2D eigenvalue weighted by Crippen LogP contribution is -1.64. The molecule has 38 valence electrons. The lowest BCUT2D eigenvalue weighted by molar-refractivity contribution is 1.26. The summed E-state index contributed by atoms with van der Waals surface area (Å²) >= 11 is 0. The van der Waals surface area contributed by atoms with Crippen LogP contribution in [0.1, 0.15) is 0 Å². The molecule has 0 aromatic carbocycles. The quantitative estimate of drug-likeness (QED) is 0.361. The molecule has 0 rings (SSSR count). The van der Waals surface area contributed by atoms with Gasteiger partial charge < -0.3 is 0 Å². The normalized spacial score (nSPS) is 6.43. The number of hydrogen-bond acceptors (Lipinski definition) is 2. The van der Waals surface area contributed by atoms with Crippen molar-refractivity contribution in [1.82, 2.24) is 0 Å². The third kappa shape index (κ3) is 5.12. The van der Waals surface area contributed by atoms with E-state index < -0.39 is 0 Å². The smallest absolute Gasteiger partial charge is 0.0892 e. The standard InChI is InChI=1S/C5H8N2/c1-3-4-7-5-6-2/h3H,1,4H2,2H3. The van der Waals surface area contributed by atoms with Gasteiger partial charge in [-0.25, -0.2) is 9.98 Å². The maximum absolute atomic E-state index is 3.67. The maximum atomic E-state index is 3.67. The molecule has 0 saturated carbocycles. The van der Waals surface area contributed by atoms with E-state index in [1.165, 1.54) is 0 Å². The van der Waals surface area contributed by atoms with Gasteiger partial charge in [0.05, 0.1) is 12.6 Å². The summed E-state index contributed by atoms with van der Waals surface area (Å²) in [5, 5.41) is 0. The first-order valence-corrected chi connectivity index (χ1v) is 2.03. The van der Waals surface area contributed by atoms with E-state index in [2.05, 4.69) is 22.6 Å². The van der Waals surface area contributed by atoms with Crippen LogP contribution in [-0.4, -0.2) is 19.6 Å². The molecule has 0 bridgehead atoms. The number of rotatable bonds is 2. The van der Waals surface area contributed by atoms with Gasteiger partial charge in [-0.05, 0) is 0 Å². The van der Waals surface area contributed by atoms with Crippen molar-refractivity contribution in [2.45, 2.75) is 0 Å². The molecule has 0 radical (unpaired) electrons. The first-order valence-electron chi connectivity index (χ1n) is 2.03. The fourth-order valence-electron chi connectivity index (χ4n) is 0.176. The second-order valence-corrected chi connectivity index (χ2v) is 0.953. The Morgan fingerprint density at radius 1 is 1.86 bits per heavy atom. The van der Waals surface area contributed by atoms with Crippen LogP contribution < -0.4 is 0 Å². The average Bonchev–Trinajstić information content (AvgIpc) is 1.69. The Morgan fingerprint density at radius 3 is 3.00 bits per heavy atom. The predicted molar refractivity (Wildman–Crippen MR) is 30.9 cm³/mol. The Kier molecular flexibility index (Phi) is 4.48. The summed E-state index contributed by atoms with van der Waals surface area (Å²) < 4.78 is 0. The van der Waals surface area contributed by atoms with Crippen molar-refractivity contribution in [3.63, 3.8) is 0 Å². The van der Waals surface area contributed by atoms with Crippen molar-refractivity contribution >= 4 is 6.01 Å². The molecular formula is C5H8N2. The second kappa shape index (κ2) is 5.12. The maximum Gasteiger partial charge on any atom is 0.0892 e. The third-order valence-corrected chi connectivity index (χ3v) is 0.391. The molecule has 0 saturated heterocycles. The van der Waals surface area contributed by atoms with Crippen LogP contribution in [0.15, 0.2) is 22.6 Å². The fraction of sp³-hybridized carbons (Fsp3) is 0.400. The highest BCUT2D eigenvalue weighted by molar-refractivity contribution is 5.40. The predicted octanol–water partition coefficient (Wildman–Crippen LogP) is 0.976. The Labute approximate surface area is 43.3 Å². The van der Waals surface area contributed by atoms with Crippen molar-refractivity contribution in [3.05, 3.63) is 12.7 Å². The van der Waals surface area contributed by atoms with Gasteiger partial charge >= 0.3 is 0 Å². The van der Waals surface area contributed by atoms with Crippen LogP contribution >= 0.6 is 0 Å². The third-order valence-electron chi connectivity index (χ3n) is 0.391. The zero-order valence-corrected chi connectivity index (χ0v) is 4.39. The van der Waals surface area contributed by atoms with E-state index >= 15 is 0 Å². The molecule has 2 heteroatoms. The van der Waals surface area contributed by atoms with Gasteiger partial charge in [-0.1, -0.05) is 6.08 Å². The van der Waals surface area contributed by atoms with E-state index in [1.807, 2.05) is 0 Å². The zero-order chi connectivity index (χ0) is 5.54. The molecule has 0 unspecified atom stereocenters. The molecule has 0 N–H and O–H groups in total. The van der Waals surface area contributed by atoms with E-state index in [9.17, 15) is 0 Å². The number of nitrogens with zero attached hydrogens (tertiary/aromatic N) is 2. The van der Waals surface area contributed by atoms with Crippen LogP contribution in [0.3, 0.4) is 0 Å². The lowest BCUT2D eigenvalue weighted by atomic mass is 10.7. The van der Waals surface area contributed by atoms with Gasteiger partial charge in [0.2, 0.25) is 0 Å². The van der Waals surface area contributed by atoms with Crippen LogP contribution in [0.4, 0.5) is 0 Å². The van der Waals surface area contributed by atoms with Gasteiger partial charge in [-0.2, -0.15) is 0 Å². The van der Waals surface area contributed by atoms with Crippen molar-refractivity contribution in [3.8, 4) is 0 Å². The molecule has 0 aromatic rings. The Morgan fingerprint density at radius 2 is 2.57 bits per heavy atom. The summed E-state index contributed by atoms with van der Waals surface area (Å²) in [5.74, 6) is 0. The molecule has 0 heterocycles. The SMILES string of the molecule is C=CCN=C=NC. The summed E-state index contributed by atoms with van der Waals surface area (Å²) in [6.07, 6.45) is 1.69. The molecule has 0 spiro atoms. The average molecular weight is 96.1 g/mol. The minimum atomic E-state index is 0.608. The number of hydrogen-bond donors (Lipinski definition) is 0. The summed E-state index contributed by atoms with van der Waals surface area (Å²) in [5.41, 5.74) is 0.